The van der Waals surface area contributed by atoms with Gasteiger partial charge >= 0.3 is 6.18 Å². The molecule has 1 aromatic rings. The van der Waals surface area contributed by atoms with Gasteiger partial charge in [0.05, 0.1) is 0 Å². The second-order valence-electron chi connectivity index (χ2n) is 2.46. The Morgan fingerprint density at radius 2 is 2.00 bits per heavy atom. The number of halogens is 5. The summed E-state index contributed by atoms with van der Waals surface area (Å²) in [5, 5.41) is 0. The van der Waals surface area contributed by atoms with Crippen LogP contribution in [0.25, 0.3) is 0 Å². The van der Waals surface area contributed by atoms with Gasteiger partial charge < -0.3 is 0 Å². The highest BCUT2D eigenvalue weighted by molar-refractivity contribution is 9.10. The minimum absolute atomic E-state index is 0.275. The summed E-state index contributed by atoms with van der Waals surface area (Å²) >= 11 is 6.93. The van der Waals surface area contributed by atoms with E-state index in [0.29, 0.717) is 0 Å². The first-order valence-corrected chi connectivity index (χ1v) is 5.81. The Morgan fingerprint density at radius 3 is 2.31 bits per heavy atom. The Morgan fingerprint density at radius 1 is 1.46 bits per heavy atom. The quantitative estimate of drug-likeness (QED) is 0.645. The number of hydrogen-bond donors (Lipinski definition) is 0. The van der Waals surface area contributed by atoms with Crippen LogP contribution in [0, 0.1) is 6.92 Å². The summed E-state index contributed by atoms with van der Waals surface area (Å²) in [6.07, 6.45) is -4.23. The molecule has 0 spiro atoms. The molecule has 0 aromatic carbocycles. The lowest BCUT2D eigenvalue weighted by Crippen LogP contribution is -2.13. The molecule has 1 atom stereocenters. The monoisotopic (exact) mass is 336 g/mol. The topological polar surface area (TPSA) is 0 Å². The van der Waals surface area contributed by atoms with Crippen molar-refractivity contribution in [3.8, 4) is 0 Å². The van der Waals surface area contributed by atoms with Crippen molar-refractivity contribution in [1.29, 1.82) is 0 Å². The van der Waals surface area contributed by atoms with Crippen molar-refractivity contribution < 1.29 is 13.2 Å². The van der Waals surface area contributed by atoms with Gasteiger partial charge in [-0.1, -0.05) is 15.9 Å². The standard InChI is InChI=1S/C7H5Br2F3S/c1-3-4(8)2-5(13-3)6(9)7(10,11)12/h2,6H,1H3. The van der Waals surface area contributed by atoms with E-state index in [2.05, 4.69) is 31.9 Å². The molecule has 1 unspecified atom stereocenters. The van der Waals surface area contributed by atoms with Crippen molar-refractivity contribution in [2.24, 2.45) is 0 Å². The van der Waals surface area contributed by atoms with Gasteiger partial charge in [-0.2, -0.15) is 13.2 Å². The largest absolute Gasteiger partial charge is 0.405 e. The van der Waals surface area contributed by atoms with Gasteiger partial charge in [0.1, 0.15) is 4.83 Å². The highest BCUT2D eigenvalue weighted by Gasteiger charge is 2.39. The lowest BCUT2D eigenvalue weighted by atomic mass is 10.3. The third-order valence-electron chi connectivity index (χ3n) is 1.41. The molecule has 0 amide bonds. The molecule has 0 aliphatic rings. The first-order valence-electron chi connectivity index (χ1n) is 3.29. The molecule has 0 aliphatic heterocycles. The minimum atomic E-state index is -4.23. The van der Waals surface area contributed by atoms with Gasteiger partial charge in [-0.3, -0.25) is 0 Å². The molecule has 0 nitrogen and oxygen atoms in total. The normalized spacial score (nSPS) is 14.6. The third-order valence-corrected chi connectivity index (χ3v) is 4.93. The fourth-order valence-corrected chi connectivity index (χ4v) is 2.75. The van der Waals surface area contributed by atoms with Crippen LogP contribution in [0.2, 0.25) is 0 Å². The Labute approximate surface area is 94.4 Å². The van der Waals surface area contributed by atoms with E-state index in [9.17, 15) is 13.2 Å². The molecule has 0 fully saturated rings. The van der Waals surface area contributed by atoms with Crippen molar-refractivity contribution in [1.82, 2.24) is 0 Å². The summed E-state index contributed by atoms with van der Waals surface area (Å²) in [6, 6.07) is 1.49. The first kappa shape index (κ1) is 11.5. The van der Waals surface area contributed by atoms with E-state index >= 15 is 0 Å². The summed E-state index contributed by atoms with van der Waals surface area (Å²) in [4.78, 5) is -0.435. The van der Waals surface area contributed by atoms with Crippen LogP contribution in [0.3, 0.4) is 0 Å². The summed E-state index contributed by atoms with van der Waals surface area (Å²) in [5.74, 6) is 0. The summed E-state index contributed by atoms with van der Waals surface area (Å²) in [7, 11) is 0. The van der Waals surface area contributed by atoms with Crippen LogP contribution in [-0.2, 0) is 0 Å². The van der Waals surface area contributed by atoms with Crippen LogP contribution in [0.4, 0.5) is 13.2 Å². The maximum absolute atomic E-state index is 12.2. The second-order valence-corrected chi connectivity index (χ2v) is 5.51. The number of alkyl halides is 4. The lowest BCUT2D eigenvalue weighted by Gasteiger charge is -2.11. The van der Waals surface area contributed by atoms with Crippen molar-refractivity contribution in [3.63, 3.8) is 0 Å². The smallest absolute Gasteiger partial charge is 0.169 e. The maximum atomic E-state index is 12.2. The van der Waals surface area contributed by atoms with Gasteiger partial charge in [0, 0.05) is 14.2 Å². The van der Waals surface area contributed by atoms with Crippen LogP contribution in [-0.4, -0.2) is 6.18 Å². The zero-order chi connectivity index (χ0) is 10.2. The average molecular weight is 338 g/mol. The fourth-order valence-electron chi connectivity index (χ4n) is 0.768. The average Bonchev–Trinajstić information content (AvgIpc) is 2.29. The molecule has 0 bridgehead atoms. The van der Waals surface area contributed by atoms with Crippen molar-refractivity contribution in [2.75, 3.05) is 0 Å². The fraction of sp³-hybridized carbons (Fsp3) is 0.429. The molecule has 1 heterocycles. The molecule has 0 radical (unpaired) electrons. The highest BCUT2D eigenvalue weighted by atomic mass is 79.9. The van der Waals surface area contributed by atoms with Gasteiger partial charge in [0.2, 0.25) is 0 Å². The molecule has 0 saturated heterocycles. The Kier molecular flexibility index (Phi) is 3.46. The zero-order valence-electron chi connectivity index (χ0n) is 6.45. The molecule has 0 N–H and O–H groups in total. The van der Waals surface area contributed by atoms with Gasteiger partial charge in [-0.25, -0.2) is 0 Å². The molecular formula is C7H5Br2F3S. The molecule has 1 aromatic heterocycles. The summed E-state index contributed by atoms with van der Waals surface area (Å²) < 4.78 is 37.4. The molecule has 74 valence electrons. The summed E-state index contributed by atoms with van der Waals surface area (Å²) in [5.41, 5.74) is 0. The van der Waals surface area contributed by atoms with Gasteiger partial charge in [0.15, 0.2) is 0 Å². The van der Waals surface area contributed by atoms with E-state index in [1.807, 2.05) is 0 Å². The molecule has 6 heteroatoms. The van der Waals surface area contributed by atoms with Crippen molar-refractivity contribution in [2.45, 2.75) is 17.9 Å². The summed E-state index contributed by atoms with van der Waals surface area (Å²) in [6.45, 7) is 1.77. The van der Waals surface area contributed by atoms with E-state index in [4.69, 9.17) is 0 Å². The lowest BCUT2D eigenvalue weighted by molar-refractivity contribution is -0.127. The van der Waals surface area contributed by atoms with Crippen LogP contribution < -0.4 is 0 Å². The third kappa shape index (κ3) is 2.70. The van der Waals surface area contributed by atoms with Gasteiger partial charge in [0.25, 0.3) is 0 Å². The number of hydrogen-bond acceptors (Lipinski definition) is 1. The van der Waals surface area contributed by atoms with E-state index in [-0.39, 0.29) is 4.88 Å². The predicted molar refractivity (Wildman–Crippen MR) is 54.5 cm³/mol. The van der Waals surface area contributed by atoms with Crippen LogP contribution in [0.15, 0.2) is 10.5 Å². The first-order chi connectivity index (χ1) is 5.82. The Bertz CT molecular complexity index is 286. The molecule has 0 saturated carbocycles. The maximum Gasteiger partial charge on any atom is 0.405 e. The molecule has 13 heavy (non-hydrogen) atoms. The SMILES string of the molecule is Cc1sc(C(Br)C(F)(F)F)cc1Br. The number of thiophene rings is 1. The van der Waals surface area contributed by atoms with E-state index in [1.54, 1.807) is 6.92 Å². The van der Waals surface area contributed by atoms with E-state index in [1.165, 1.54) is 6.07 Å². The second kappa shape index (κ2) is 3.90. The van der Waals surface area contributed by atoms with Crippen LogP contribution in [0.5, 0.6) is 0 Å². The Hall–Kier alpha value is 0.450. The number of aryl methyl sites for hydroxylation is 1. The van der Waals surface area contributed by atoms with Crippen molar-refractivity contribution >= 4 is 43.2 Å². The van der Waals surface area contributed by atoms with Gasteiger partial charge in [-0.05, 0) is 28.9 Å². The van der Waals surface area contributed by atoms with Crippen molar-refractivity contribution in [3.05, 3.63) is 20.3 Å². The zero-order valence-corrected chi connectivity index (χ0v) is 10.4. The van der Waals surface area contributed by atoms with E-state index in [0.717, 1.165) is 20.7 Å². The Balaban J connectivity index is 2.96. The predicted octanol–water partition coefficient (Wildman–Crippen LogP) is 4.82. The highest BCUT2D eigenvalue weighted by Crippen LogP contribution is 2.44. The van der Waals surface area contributed by atoms with Crippen LogP contribution in [0.1, 0.15) is 14.6 Å². The minimum Gasteiger partial charge on any atom is -0.169 e. The van der Waals surface area contributed by atoms with Gasteiger partial charge in [-0.15, -0.1) is 11.3 Å². The molecular weight excluding hydrogens is 333 g/mol. The number of rotatable bonds is 1. The molecule has 1 rings (SSSR count). The molecule has 0 aliphatic carbocycles. The van der Waals surface area contributed by atoms with Crippen LogP contribution >= 0.6 is 43.2 Å². The van der Waals surface area contributed by atoms with E-state index < -0.39 is 11.0 Å².